The minimum Gasteiger partial charge on any atom is -0.497 e. The largest absolute Gasteiger partial charge is 0.497 e. The summed E-state index contributed by atoms with van der Waals surface area (Å²) in [6.45, 7) is 5.63. The van der Waals surface area contributed by atoms with E-state index in [1.165, 1.54) is 25.1 Å². The third-order valence-corrected chi connectivity index (χ3v) is 3.85. The molecule has 1 aliphatic rings. The van der Waals surface area contributed by atoms with E-state index in [-0.39, 0.29) is 0 Å². The van der Waals surface area contributed by atoms with Crippen LogP contribution in [0.3, 0.4) is 0 Å². The van der Waals surface area contributed by atoms with Gasteiger partial charge in [-0.3, -0.25) is 0 Å². The summed E-state index contributed by atoms with van der Waals surface area (Å²) in [7, 11) is 3.91. The molecule has 0 amide bonds. The smallest absolute Gasteiger partial charge is 0.118 e. The lowest BCUT2D eigenvalue weighted by molar-refractivity contribution is 0.259. The van der Waals surface area contributed by atoms with E-state index in [4.69, 9.17) is 4.74 Å². The van der Waals surface area contributed by atoms with E-state index in [1.807, 2.05) is 12.1 Å². The molecule has 0 bridgehead atoms. The topological polar surface area (TPSA) is 24.5 Å². The van der Waals surface area contributed by atoms with Crippen LogP contribution in [0.2, 0.25) is 0 Å². The Balaban J connectivity index is 1.84. The van der Waals surface area contributed by atoms with Crippen LogP contribution in [-0.4, -0.2) is 38.2 Å². The highest BCUT2D eigenvalue weighted by Gasteiger charge is 2.23. The maximum atomic E-state index is 5.17. The van der Waals surface area contributed by atoms with E-state index in [0.717, 1.165) is 18.2 Å². The lowest BCUT2D eigenvalue weighted by atomic mass is 10.0. The fraction of sp³-hybridized carbons (Fsp3) is 0.600. The highest BCUT2D eigenvalue weighted by molar-refractivity contribution is 5.27. The number of nitrogens with zero attached hydrogens (tertiary/aromatic N) is 1. The number of ether oxygens (including phenoxy) is 1. The van der Waals surface area contributed by atoms with Crippen molar-refractivity contribution in [1.29, 1.82) is 0 Å². The zero-order chi connectivity index (χ0) is 13.0. The Morgan fingerprint density at radius 1 is 1.33 bits per heavy atom. The molecule has 2 atom stereocenters. The van der Waals surface area contributed by atoms with Crippen LogP contribution >= 0.6 is 0 Å². The Morgan fingerprint density at radius 2 is 2.06 bits per heavy atom. The fourth-order valence-corrected chi connectivity index (χ4v) is 2.67. The van der Waals surface area contributed by atoms with Crippen molar-refractivity contribution in [2.75, 3.05) is 27.2 Å². The molecule has 1 aromatic carbocycles. The first kappa shape index (κ1) is 13.4. The molecule has 2 rings (SSSR count). The van der Waals surface area contributed by atoms with Gasteiger partial charge in [-0.25, -0.2) is 0 Å². The number of methoxy groups -OCH3 is 1. The molecule has 100 valence electrons. The molecule has 0 saturated carbocycles. The molecule has 1 fully saturated rings. The van der Waals surface area contributed by atoms with Crippen LogP contribution in [-0.2, 0) is 6.54 Å². The summed E-state index contributed by atoms with van der Waals surface area (Å²) in [4.78, 5) is 2.41. The standard InChI is InChI=1S/C15H24N2O/c1-12-14(8-9-16-12)11-17(2)10-13-4-6-15(18-3)7-5-13/h4-7,12,14,16H,8-11H2,1-3H3. The average molecular weight is 248 g/mol. The van der Waals surface area contributed by atoms with Gasteiger partial charge in [-0.05, 0) is 50.6 Å². The first-order valence-corrected chi connectivity index (χ1v) is 6.74. The monoisotopic (exact) mass is 248 g/mol. The van der Waals surface area contributed by atoms with E-state index in [2.05, 4.69) is 36.3 Å². The number of benzene rings is 1. The van der Waals surface area contributed by atoms with E-state index in [1.54, 1.807) is 7.11 Å². The van der Waals surface area contributed by atoms with Crippen LogP contribution in [0.25, 0.3) is 0 Å². The van der Waals surface area contributed by atoms with Crippen molar-refractivity contribution in [3.63, 3.8) is 0 Å². The van der Waals surface area contributed by atoms with Crippen LogP contribution in [0.1, 0.15) is 18.9 Å². The molecule has 2 unspecified atom stereocenters. The zero-order valence-corrected chi connectivity index (χ0v) is 11.6. The van der Waals surface area contributed by atoms with Crippen LogP contribution in [0.15, 0.2) is 24.3 Å². The Morgan fingerprint density at radius 3 is 2.61 bits per heavy atom. The summed E-state index contributed by atoms with van der Waals surface area (Å²) in [6.07, 6.45) is 1.30. The molecule has 1 saturated heterocycles. The molecule has 0 radical (unpaired) electrons. The predicted octanol–water partition coefficient (Wildman–Crippen LogP) is 2.12. The summed E-state index contributed by atoms with van der Waals surface area (Å²) < 4.78 is 5.17. The van der Waals surface area contributed by atoms with Crippen molar-refractivity contribution in [2.45, 2.75) is 25.9 Å². The van der Waals surface area contributed by atoms with Gasteiger partial charge in [0, 0.05) is 19.1 Å². The van der Waals surface area contributed by atoms with Gasteiger partial charge in [0.25, 0.3) is 0 Å². The van der Waals surface area contributed by atoms with Gasteiger partial charge in [0.05, 0.1) is 7.11 Å². The van der Waals surface area contributed by atoms with Crippen LogP contribution in [0.5, 0.6) is 5.75 Å². The Hall–Kier alpha value is -1.06. The van der Waals surface area contributed by atoms with Gasteiger partial charge in [-0.1, -0.05) is 12.1 Å². The predicted molar refractivity (Wildman–Crippen MR) is 74.9 cm³/mol. The van der Waals surface area contributed by atoms with Crippen molar-refractivity contribution < 1.29 is 4.74 Å². The van der Waals surface area contributed by atoms with E-state index < -0.39 is 0 Å². The average Bonchev–Trinajstić information content (AvgIpc) is 2.76. The van der Waals surface area contributed by atoms with Crippen molar-refractivity contribution in [3.05, 3.63) is 29.8 Å². The fourth-order valence-electron chi connectivity index (χ4n) is 2.67. The number of hydrogen-bond acceptors (Lipinski definition) is 3. The highest BCUT2D eigenvalue weighted by Crippen LogP contribution is 2.18. The quantitative estimate of drug-likeness (QED) is 0.864. The number of hydrogen-bond donors (Lipinski definition) is 1. The Labute approximate surface area is 110 Å². The summed E-state index contributed by atoms with van der Waals surface area (Å²) in [5, 5.41) is 3.51. The highest BCUT2D eigenvalue weighted by atomic mass is 16.5. The van der Waals surface area contributed by atoms with Gasteiger partial charge in [-0.15, -0.1) is 0 Å². The molecule has 3 nitrogen and oxygen atoms in total. The molecule has 3 heteroatoms. The first-order chi connectivity index (χ1) is 8.69. The minimum atomic E-state index is 0.656. The molecule has 18 heavy (non-hydrogen) atoms. The second-order valence-electron chi connectivity index (χ2n) is 5.34. The summed E-state index contributed by atoms with van der Waals surface area (Å²) in [5.41, 5.74) is 1.34. The van der Waals surface area contributed by atoms with Gasteiger partial charge >= 0.3 is 0 Å². The van der Waals surface area contributed by atoms with Gasteiger partial charge < -0.3 is 15.0 Å². The van der Waals surface area contributed by atoms with Crippen molar-refractivity contribution in [3.8, 4) is 5.75 Å². The van der Waals surface area contributed by atoms with E-state index in [9.17, 15) is 0 Å². The van der Waals surface area contributed by atoms with Crippen molar-refractivity contribution in [2.24, 2.45) is 5.92 Å². The Kier molecular flexibility index (Phi) is 4.61. The van der Waals surface area contributed by atoms with Crippen LogP contribution in [0.4, 0.5) is 0 Å². The number of rotatable bonds is 5. The van der Waals surface area contributed by atoms with Gasteiger partial charge in [0.2, 0.25) is 0 Å². The third-order valence-electron chi connectivity index (χ3n) is 3.85. The lowest BCUT2D eigenvalue weighted by Crippen LogP contribution is -2.32. The molecule has 1 heterocycles. The van der Waals surface area contributed by atoms with E-state index in [0.29, 0.717) is 6.04 Å². The third kappa shape index (κ3) is 3.47. The summed E-state index contributed by atoms with van der Waals surface area (Å²) in [5.74, 6) is 1.71. The zero-order valence-electron chi connectivity index (χ0n) is 11.6. The molecule has 0 spiro atoms. The van der Waals surface area contributed by atoms with Gasteiger partial charge in [0.1, 0.15) is 5.75 Å². The maximum absolute atomic E-state index is 5.17. The molecular formula is C15H24N2O. The molecule has 1 aromatic rings. The van der Waals surface area contributed by atoms with Crippen molar-refractivity contribution in [1.82, 2.24) is 10.2 Å². The van der Waals surface area contributed by atoms with Gasteiger partial charge in [0.15, 0.2) is 0 Å². The minimum absolute atomic E-state index is 0.656. The van der Waals surface area contributed by atoms with E-state index >= 15 is 0 Å². The second kappa shape index (κ2) is 6.21. The summed E-state index contributed by atoms with van der Waals surface area (Å²) in [6, 6.07) is 9.01. The lowest BCUT2D eigenvalue weighted by Gasteiger charge is -2.23. The SMILES string of the molecule is COc1ccc(CN(C)CC2CCNC2C)cc1. The summed E-state index contributed by atoms with van der Waals surface area (Å²) >= 11 is 0. The second-order valence-corrected chi connectivity index (χ2v) is 5.34. The first-order valence-electron chi connectivity index (χ1n) is 6.74. The Bertz CT molecular complexity index is 363. The number of nitrogens with one attached hydrogen (secondary N) is 1. The molecule has 0 aromatic heterocycles. The molecule has 0 aliphatic carbocycles. The van der Waals surface area contributed by atoms with Crippen LogP contribution in [0, 0.1) is 5.92 Å². The molecule has 1 aliphatic heterocycles. The van der Waals surface area contributed by atoms with Crippen LogP contribution < -0.4 is 10.1 Å². The van der Waals surface area contributed by atoms with Gasteiger partial charge in [-0.2, -0.15) is 0 Å². The molecular weight excluding hydrogens is 224 g/mol. The normalized spacial score (nSPS) is 23.6. The molecule has 1 N–H and O–H groups in total. The van der Waals surface area contributed by atoms with Crippen molar-refractivity contribution >= 4 is 0 Å². The maximum Gasteiger partial charge on any atom is 0.118 e.